The van der Waals surface area contributed by atoms with Crippen molar-refractivity contribution in [1.29, 1.82) is 0 Å². The fourth-order valence-electron chi connectivity index (χ4n) is 1.85. The van der Waals surface area contributed by atoms with Gasteiger partial charge in [-0.15, -0.1) is 0 Å². The van der Waals surface area contributed by atoms with Crippen LogP contribution in [0.1, 0.15) is 26.2 Å². The van der Waals surface area contributed by atoms with E-state index in [-0.39, 0.29) is 5.75 Å². The first-order valence-electron chi connectivity index (χ1n) is 6.52. The molecule has 0 amide bonds. The maximum atomic E-state index is 11.6. The van der Waals surface area contributed by atoms with Gasteiger partial charge in [0.2, 0.25) is 10.0 Å². The highest BCUT2D eigenvalue weighted by Gasteiger charge is 2.27. The van der Waals surface area contributed by atoms with Gasteiger partial charge in [0, 0.05) is 33.2 Å². The third-order valence-electron chi connectivity index (χ3n) is 2.90. The van der Waals surface area contributed by atoms with Gasteiger partial charge in [-0.3, -0.25) is 4.99 Å². The van der Waals surface area contributed by atoms with Crippen LogP contribution in [0.2, 0.25) is 0 Å². The van der Waals surface area contributed by atoms with Gasteiger partial charge in [0.15, 0.2) is 5.96 Å². The Hall–Kier alpha value is -0.820. The van der Waals surface area contributed by atoms with Crippen molar-refractivity contribution in [2.24, 2.45) is 4.99 Å². The largest absolute Gasteiger partial charge is 0.356 e. The molecule has 0 aromatic rings. The van der Waals surface area contributed by atoms with Crippen LogP contribution in [0.4, 0.5) is 0 Å². The summed E-state index contributed by atoms with van der Waals surface area (Å²) in [5, 5.41) is 6.31. The molecule has 106 valence electrons. The van der Waals surface area contributed by atoms with E-state index in [4.69, 9.17) is 0 Å². The van der Waals surface area contributed by atoms with E-state index in [1.165, 1.54) is 0 Å². The molecule has 0 unspecified atom stereocenters. The zero-order chi connectivity index (χ0) is 13.4. The molecule has 0 spiro atoms. The Balaban J connectivity index is 2.23. The second-order valence-corrected chi connectivity index (χ2v) is 6.44. The molecule has 1 heterocycles. The summed E-state index contributed by atoms with van der Waals surface area (Å²) < 4.78 is 24.7. The Kier molecular flexibility index (Phi) is 6.42. The summed E-state index contributed by atoms with van der Waals surface area (Å²) in [5.74, 6) is 1.02. The lowest BCUT2D eigenvalue weighted by atomic mass is 10.3. The maximum absolute atomic E-state index is 11.6. The third kappa shape index (κ3) is 4.81. The van der Waals surface area contributed by atoms with E-state index < -0.39 is 10.0 Å². The number of hydrogen-bond acceptors (Lipinski definition) is 3. The SMILES string of the molecule is CCCCNC(=NC)NCCN1CCCS1(=O)=O. The summed E-state index contributed by atoms with van der Waals surface area (Å²) in [6.45, 7) is 4.77. The first kappa shape index (κ1) is 15.2. The average molecular weight is 276 g/mol. The van der Waals surface area contributed by atoms with Crippen molar-refractivity contribution in [3.63, 3.8) is 0 Å². The highest BCUT2D eigenvalue weighted by Crippen LogP contribution is 2.11. The minimum atomic E-state index is -2.98. The molecule has 6 nitrogen and oxygen atoms in total. The van der Waals surface area contributed by atoms with Crippen molar-refractivity contribution in [3.05, 3.63) is 0 Å². The number of aliphatic imine (C=N–C) groups is 1. The van der Waals surface area contributed by atoms with E-state index in [1.54, 1.807) is 11.4 Å². The van der Waals surface area contributed by atoms with E-state index in [0.717, 1.165) is 31.8 Å². The Morgan fingerprint density at radius 2 is 2.06 bits per heavy atom. The molecule has 1 fully saturated rings. The molecule has 0 atom stereocenters. The van der Waals surface area contributed by atoms with Gasteiger partial charge in [0.1, 0.15) is 0 Å². The molecule has 1 saturated heterocycles. The monoisotopic (exact) mass is 276 g/mol. The van der Waals surface area contributed by atoms with Gasteiger partial charge in [0.05, 0.1) is 5.75 Å². The molecule has 1 aliphatic heterocycles. The summed E-state index contributed by atoms with van der Waals surface area (Å²) in [6, 6.07) is 0. The molecule has 1 aliphatic rings. The highest BCUT2D eigenvalue weighted by molar-refractivity contribution is 7.89. The van der Waals surface area contributed by atoms with E-state index in [0.29, 0.717) is 19.6 Å². The third-order valence-corrected chi connectivity index (χ3v) is 4.86. The van der Waals surface area contributed by atoms with Gasteiger partial charge >= 0.3 is 0 Å². The number of hydrogen-bond donors (Lipinski definition) is 2. The fourth-order valence-corrected chi connectivity index (χ4v) is 3.37. The van der Waals surface area contributed by atoms with E-state index >= 15 is 0 Å². The van der Waals surface area contributed by atoms with E-state index in [2.05, 4.69) is 22.5 Å². The average Bonchev–Trinajstić information content (AvgIpc) is 2.67. The summed E-state index contributed by atoms with van der Waals surface area (Å²) in [5.41, 5.74) is 0. The second-order valence-electron chi connectivity index (χ2n) is 4.35. The van der Waals surface area contributed by atoms with Crippen LogP contribution in [-0.4, -0.2) is 57.7 Å². The lowest BCUT2D eigenvalue weighted by Gasteiger charge is -2.16. The molecule has 18 heavy (non-hydrogen) atoms. The van der Waals surface area contributed by atoms with Crippen molar-refractivity contribution in [1.82, 2.24) is 14.9 Å². The van der Waals surface area contributed by atoms with Crippen LogP contribution in [-0.2, 0) is 10.0 Å². The number of nitrogens with one attached hydrogen (secondary N) is 2. The molecule has 0 saturated carbocycles. The molecule has 0 aliphatic carbocycles. The fraction of sp³-hybridized carbons (Fsp3) is 0.909. The van der Waals surface area contributed by atoms with Crippen LogP contribution in [0.15, 0.2) is 4.99 Å². The number of nitrogens with zero attached hydrogens (tertiary/aromatic N) is 2. The molecule has 0 radical (unpaired) electrons. The smallest absolute Gasteiger partial charge is 0.214 e. The minimum absolute atomic E-state index is 0.288. The molecule has 2 N–H and O–H groups in total. The van der Waals surface area contributed by atoms with Gasteiger partial charge in [-0.25, -0.2) is 12.7 Å². The Bertz CT molecular complexity index is 367. The molecule has 0 aromatic heterocycles. The van der Waals surface area contributed by atoms with Crippen molar-refractivity contribution < 1.29 is 8.42 Å². The summed E-state index contributed by atoms with van der Waals surface area (Å²) in [4.78, 5) is 4.09. The quantitative estimate of drug-likeness (QED) is 0.406. The van der Waals surface area contributed by atoms with Gasteiger partial charge in [-0.1, -0.05) is 13.3 Å². The summed E-state index contributed by atoms with van der Waals surface area (Å²) >= 11 is 0. The van der Waals surface area contributed by atoms with Crippen molar-refractivity contribution >= 4 is 16.0 Å². The Morgan fingerprint density at radius 1 is 1.33 bits per heavy atom. The van der Waals surface area contributed by atoms with Gasteiger partial charge in [-0.2, -0.15) is 0 Å². The van der Waals surface area contributed by atoms with Crippen LogP contribution < -0.4 is 10.6 Å². The zero-order valence-corrected chi connectivity index (χ0v) is 12.1. The molecule has 1 rings (SSSR count). The molecular formula is C11H24N4O2S. The minimum Gasteiger partial charge on any atom is -0.356 e. The van der Waals surface area contributed by atoms with Crippen molar-refractivity contribution in [3.8, 4) is 0 Å². The first-order valence-corrected chi connectivity index (χ1v) is 8.13. The van der Waals surface area contributed by atoms with Crippen LogP contribution in [0.25, 0.3) is 0 Å². The Labute approximate surface area is 110 Å². The van der Waals surface area contributed by atoms with Crippen LogP contribution >= 0.6 is 0 Å². The Morgan fingerprint density at radius 3 is 2.61 bits per heavy atom. The second kappa shape index (κ2) is 7.58. The predicted octanol–water partition coefficient (Wildman–Crippen LogP) is -0.0130. The summed E-state index contributed by atoms with van der Waals surface area (Å²) in [7, 11) is -1.26. The van der Waals surface area contributed by atoms with Crippen molar-refractivity contribution in [2.75, 3.05) is 39.0 Å². The standard InChI is InChI=1S/C11H24N4O2S/c1-3-4-6-13-11(12-2)14-7-9-15-8-5-10-18(15,16)17/h3-10H2,1-2H3,(H2,12,13,14). The first-order chi connectivity index (χ1) is 8.60. The van der Waals surface area contributed by atoms with Crippen LogP contribution in [0, 0.1) is 0 Å². The number of rotatable bonds is 6. The van der Waals surface area contributed by atoms with E-state index in [9.17, 15) is 8.42 Å². The van der Waals surface area contributed by atoms with Crippen LogP contribution in [0.5, 0.6) is 0 Å². The normalized spacial score (nSPS) is 20.0. The van der Waals surface area contributed by atoms with Gasteiger partial charge in [-0.05, 0) is 12.8 Å². The molecule has 7 heteroatoms. The van der Waals surface area contributed by atoms with Crippen molar-refractivity contribution in [2.45, 2.75) is 26.2 Å². The maximum Gasteiger partial charge on any atom is 0.214 e. The molecule has 0 bridgehead atoms. The van der Waals surface area contributed by atoms with Gasteiger partial charge < -0.3 is 10.6 Å². The lowest BCUT2D eigenvalue weighted by molar-refractivity contribution is 0.445. The predicted molar refractivity (Wildman–Crippen MR) is 74.2 cm³/mol. The van der Waals surface area contributed by atoms with Crippen LogP contribution in [0.3, 0.4) is 0 Å². The lowest BCUT2D eigenvalue weighted by Crippen LogP contribution is -2.42. The number of unbranched alkanes of at least 4 members (excludes halogenated alkanes) is 1. The van der Waals surface area contributed by atoms with E-state index in [1.807, 2.05) is 0 Å². The number of guanidine groups is 1. The number of sulfonamides is 1. The highest BCUT2D eigenvalue weighted by atomic mass is 32.2. The molecule has 0 aromatic carbocycles. The zero-order valence-electron chi connectivity index (χ0n) is 11.3. The summed E-state index contributed by atoms with van der Waals surface area (Å²) in [6.07, 6.45) is 2.98. The van der Waals surface area contributed by atoms with Gasteiger partial charge in [0.25, 0.3) is 0 Å². The topological polar surface area (TPSA) is 73.8 Å². The molecular weight excluding hydrogens is 252 g/mol.